The first-order valence-corrected chi connectivity index (χ1v) is 7.28. The third kappa shape index (κ3) is 3.02. The monoisotopic (exact) mass is 276 g/mol. The van der Waals surface area contributed by atoms with Gasteiger partial charge in [0.15, 0.2) is 0 Å². The first-order chi connectivity index (χ1) is 9.69. The fraction of sp³-hybridized carbons (Fsp3) is 0.562. The molecule has 2 unspecified atom stereocenters. The molecule has 1 heterocycles. The third-order valence-corrected chi connectivity index (χ3v) is 3.87. The molecule has 1 N–H and O–H groups in total. The van der Waals surface area contributed by atoms with Gasteiger partial charge < -0.3 is 9.64 Å². The molecular weight excluding hydrogens is 252 g/mol. The summed E-state index contributed by atoms with van der Waals surface area (Å²) in [6.45, 7) is 5.22. The molecule has 1 fully saturated rings. The van der Waals surface area contributed by atoms with Crippen LogP contribution >= 0.6 is 0 Å². The van der Waals surface area contributed by atoms with Crippen LogP contribution < -0.4 is 5.32 Å². The van der Waals surface area contributed by atoms with Crippen LogP contribution in [0.4, 0.5) is 0 Å². The molecule has 0 radical (unpaired) electrons. The van der Waals surface area contributed by atoms with E-state index in [1.807, 2.05) is 17.0 Å². The highest BCUT2D eigenvalue weighted by molar-refractivity contribution is 5.81. The largest absolute Gasteiger partial charge is 0.383 e. The summed E-state index contributed by atoms with van der Waals surface area (Å²) in [5.41, 5.74) is 2.38. The Bertz CT molecular complexity index is 456. The van der Waals surface area contributed by atoms with Gasteiger partial charge in [0.05, 0.1) is 19.2 Å². The Kier molecular flexibility index (Phi) is 5.15. The Labute approximate surface area is 121 Å². The minimum absolute atomic E-state index is 0.0320. The molecule has 0 aliphatic carbocycles. The quantitative estimate of drug-likeness (QED) is 0.866. The van der Waals surface area contributed by atoms with Crippen LogP contribution in [-0.2, 0) is 9.53 Å². The number of amides is 1. The van der Waals surface area contributed by atoms with E-state index >= 15 is 0 Å². The Morgan fingerprint density at radius 1 is 1.45 bits per heavy atom. The normalized spacial score (nSPS) is 20.4. The van der Waals surface area contributed by atoms with Gasteiger partial charge in [-0.25, -0.2) is 0 Å². The van der Waals surface area contributed by atoms with E-state index in [9.17, 15) is 4.79 Å². The van der Waals surface area contributed by atoms with E-state index in [1.54, 1.807) is 7.11 Å². The van der Waals surface area contributed by atoms with Crippen molar-refractivity contribution in [1.29, 1.82) is 0 Å². The lowest BCUT2D eigenvalue weighted by molar-refractivity contribution is -0.131. The first kappa shape index (κ1) is 15.0. The van der Waals surface area contributed by atoms with Crippen LogP contribution in [0.3, 0.4) is 0 Å². The number of nitrogens with zero attached hydrogens (tertiary/aromatic N) is 1. The number of nitrogens with one attached hydrogen (secondary N) is 1. The molecule has 4 nitrogen and oxygen atoms in total. The molecule has 2 rings (SSSR count). The molecule has 1 aromatic carbocycles. The molecular formula is C16H24N2O2. The van der Waals surface area contributed by atoms with E-state index in [0.29, 0.717) is 13.2 Å². The smallest absolute Gasteiger partial charge is 0.238 e. The summed E-state index contributed by atoms with van der Waals surface area (Å²) in [5.74, 6) is 0.161. The van der Waals surface area contributed by atoms with Crippen molar-refractivity contribution in [1.82, 2.24) is 10.2 Å². The van der Waals surface area contributed by atoms with Crippen molar-refractivity contribution < 1.29 is 9.53 Å². The number of aryl methyl sites for hydroxylation is 1. The van der Waals surface area contributed by atoms with Gasteiger partial charge in [0.2, 0.25) is 5.91 Å². The van der Waals surface area contributed by atoms with Gasteiger partial charge in [-0.1, -0.05) is 37.6 Å². The highest BCUT2D eigenvalue weighted by Crippen LogP contribution is 2.28. The molecule has 1 amide bonds. The van der Waals surface area contributed by atoms with E-state index in [4.69, 9.17) is 4.74 Å². The average Bonchev–Trinajstić information content (AvgIpc) is 2.81. The number of rotatable bonds is 6. The molecule has 0 aromatic heterocycles. The molecule has 1 aromatic rings. The summed E-state index contributed by atoms with van der Waals surface area (Å²) < 4.78 is 5.31. The summed E-state index contributed by atoms with van der Waals surface area (Å²) in [5, 5.41) is 3.33. The molecule has 1 aliphatic rings. The molecule has 1 aliphatic heterocycles. The summed E-state index contributed by atoms with van der Waals surface area (Å²) in [6, 6.07) is 8.36. The second-order valence-corrected chi connectivity index (χ2v) is 5.34. The number of benzene rings is 1. The summed E-state index contributed by atoms with van der Waals surface area (Å²) in [4.78, 5) is 14.2. The number of carbonyl (C=O) groups is 1. The standard InChI is InChI=1S/C16H24N2O2/c1-4-7-13(11-20-3)18-15(19)10-17-16(18)14-9-6-5-8-12(14)2/h5-6,8-9,13,16-17H,4,7,10-11H2,1-3H3. The number of methoxy groups -OCH3 is 1. The van der Waals surface area contributed by atoms with Crippen LogP contribution in [0, 0.1) is 6.92 Å². The summed E-state index contributed by atoms with van der Waals surface area (Å²) in [6.07, 6.45) is 1.97. The van der Waals surface area contributed by atoms with Gasteiger partial charge in [0, 0.05) is 7.11 Å². The zero-order valence-electron chi connectivity index (χ0n) is 12.6. The maximum Gasteiger partial charge on any atom is 0.238 e. The van der Waals surface area contributed by atoms with Crippen LogP contribution in [0.25, 0.3) is 0 Å². The van der Waals surface area contributed by atoms with E-state index in [-0.39, 0.29) is 18.1 Å². The Balaban J connectivity index is 2.28. The van der Waals surface area contributed by atoms with E-state index in [2.05, 4.69) is 31.3 Å². The second-order valence-electron chi connectivity index (χ2n) is 5.34. The van der Waals surface area contributed by atoms with Crippen LogP contribution in [0.15, 0.2) is 24.3 Å². The molecule has 4 heteroatoms. The van der Waals surface area contributed by atoms with Gasteiger partial charge in [-0.05, 0) is 24.5 Å². The van der Waals surface area contributed by atoms with Gasteiger partial charge in [0.25, 0.3) is 0 Å². The first-order valence-electron chi connectivity index (χ1n) is 7.28. The average molecular weight is 276 g/mol. The molecule has 2 atom stereocenters. The molecule has 0 saturated carbocycles. The Morgan fingerprint density at radius 2 is 2.20 bits per heavy atom. The van der Waals surface area contributed by atoms with E-state index < -0.39 is 0 Å². The van der Waals surface area contributed by atoms with Gasteiger partial charge in [-0.3, -0.25) is 10.1 Å². The lowest BCUT2D eigenvalue weighted by Crippen LogP contribution is -2.42. The van der Waals surface area contributed by atoms with Crippen LogP contribution in [0.1, 0.15) is 37.1 Å². The molecule has 20 heavy (non-hydrogen) atoms. The van der Waals surface area contributed by atoms with Crippen molar-refractivity contribution in [2.24, 2.45) is 0 Å². The Morgan fingerprint density at radius 3 is 2.85 bits per heavy atom. The van der Waals surface area contributed by atoms with Gasteiger partial charge in [-0.15, -0.1) is 0 Å². The predicted molar refractivity (Wildman–Crippen MR) is 79.3 cm³/mol. The van der Waals surface area contributed by atoms with Crippen molar-refractivity contribution >= 4 is 5.91 Å². The van der Waals surface area contributed by atoms with Crippen molar-refractivity contribution in [2.75, 3.05) is 20.3 Å². The maximum atomic E-state index is 12.3. The number of carbonyl (C=O) groups excluding carboxylic acids is 1. The van der Waals surface area contributed by atoms with Crippen molar-refractivity contribution in [3.8, 4) is 0 Å². The predicted octanol–water partition coefficient (Wildman–Crippen LogP) is 2.24. The third-order valence-electron chi connectivity index (χ3n) is 3.87. The molecule has 1 saturated heterocycles. The van der Waals surface area contributed by atoms with E-state index in [1.165, 1.54) is 11.1 Å². The zero-order chi connectivity index (χ0) is 14.5. The summed E-state index contributed by atoms with van der Waals surface area (Å²) in [7, 11) is 1.69. The van der Waals surface area contributed by atoms with Crippen molar-refractivity contribution in [3.05, 3.63) is 35.4 Å². The topological polar surface area (TPSA) is 41.6 Å². The van der Waals surface area contributed by atoms with E-state index in [0.717, 1.165) is 12.8 Å². The highest BCUT2D eigenvalue weighted by Gasteiger charge is 2.36. The van der Waals surface area contributed by atoms with Crippen LogP contribution in [-0.4, -0.2) is 37.1 Å². The number of hydrogen-bond donors (Lipinski definition) is 1. The molecule has 110 valence electrons. The number of ether oxygens (including phenoxy) is 1. The fourth-order valence-corrected chi connectivity index (χ4v) is 2.91. The van der Waals surface area contributed by atoms with Gasteiger partial charge in [0.1, 0.15) is 6.17 Å². The maximum absolute atomic E-state index is 12.3. The minimum Gasteiger partial charge on any atom is -0.383 e. The van der Waals surface area contributed by atoms with Crippen molar-refractivity contribution in [2.45, 2.75) is 38.9 Å². The zero-order valence-corrected chi connectivity index (χ0v) is 12.6. The number of hydrogen-bond acceptors (Lipinski definition) is 3. The lowest BCUT2D eigenvalue weighted by atomic mass is 10.0. The van der Waals surface area contributed by atoms with Crippen LogP contribution in [0.5, 0.6) is 0 Å². The lowest BCUT2D eigenvalue weighted by Gasteiger charge is -2.33. The van der Waals surface area contributed by atoms with Gasteiger partial charge in [-0.2, -0.15) is 0 Å². The van der Waals surface area contributed by atoms with Crippen LogP contribution in [0.2, 0.25) is 0 Å². The van der Waals surface area contributed by atoms with Crippen molar-refractivity contribution in [3.63, 3.8) is 0 Å². The highest BCUT2D eigenvalue weighted by atomic mass is 16.5. The Hall–Kier alpha value is -1.39. The van der Waals surface area contributed by atoms with Gasteiger partial charge >= 0.3 is 0 Å². The second kappa shape index (κ2) is 6.86. The SMILES string of the molecule is CCCC(COC)N1C(=O)CNC1c1ccccc1C. The molecule has 0 spiro atoms. The fourth-order valence-electron chi connectivity index (χ4n) is 2.91. The summed E-state index contributed by atoms with van der Waals surface area (Å²) >= 11 is 0. The minimum atomic E-state index is -0.0320. The molecule has 0 bridgehead atoms.